The molecule has 1 N–H and O–H groups in total. The lowest BCUT2D eigenvalue weighted by Gasteiger charge is -2.05. The van der Waals surface area contributed by atoms with E-state index in [2.05, 4.69) is 12.2 Å². The van der Waals surface area contributed by atoms with Gasteiger partial charge in [-0.25, -0.2) is 0 Å². The minimum absolute atomic E-state index is 0.0738. The summed E-state index contributed by atoms with van der Waals surface area (Å²) in [5.41, 5.74) is 2.91. The van der Waals surface area contributed by atoms with Gasteiger partial charge in [-0.3, -0.25) is 4.79 Å². The molecule has 0 aliphatic heterocycles. The van der Waals surface area contributed by atoms with Gasteiger partial charge in [-0.05, 0) is 61.9 Å². The molecule has 106 valence electrons. The summed E-state index contributed by atoms with van der Waals surface area (Å²) in [5.74, 6) is -0.0738. The van der Waals surface area contributed by atoms with Gasteiger partial charge in [0.1, 0.15) is 0 Å². The summed E-state index contributed by atoms with van der Waals surface area (Å²) in [4.78, 5) is 13.5. The third-order valence-corrected chi connectivity index (χ3v) is 4.50. The Balaban J connectivity index is 1.76. The standard InChI is InChI=1S/C17H16N2OS/c1-12-11-16(21-13(12)2)18-17(20)14-5-7-15(8-6-14)19-9-3-4-10-19/h3-11H,1-2H3,(H,18,20). The van der Waals surface area contributed by atoms with E-state index in [0.29, 0.717) is 5.56 Å². The quantitative estimate of drug-likeness (QED) is 0.763. The van der Waals surface area contributed by atoms with Crippen molar-refractivity contribution in [2.75, 3.05) is 5.32 Å². The summed E-state index contributed by atoms with van der Waals surface area (Å²) in [5, 5.41) is 3.84. The molecule has 0 atom stereocenters. The van der Waals surface area contributed by atoms with Crippen molar-refractivity contribution < 1.29 is 4.79 Å². The van der Waals surface area contributed by atoms with Crippen LogP contribution in [-0.4, -0.2) is 10.5 Å². The number of carbonyl (C=O) groups excluding carboxylic acids is 1. The fourth-order valence-corrected chi connectivity index (χ4v) is 3.04. The van der Waals surface area contributed by atoms with E-state index in [0.717, 1.165) is 10.7 Å². The molecule has 1 amide bonds. The van der Waals surface area contributed by atoms with Crippen molar-refractivity contribution in [3.8, 4) is 5.69 Å². The number of aromatic nitrogens is 1. The normalized spacial score (nSPS) is 10.6. The Bertz CT molecular complexity index is 735. The van der Waals surface area contributed by atoms with E-state index in [1.165, 1.54) is 10.4 Å². The topological polar surface area (TPSA) is 34.0 Å². The average Bonchev–Trinajstić information content (AvgIpc) is 3.10. The zero-order valence-corrected chi connectivity index (χ0v) is 12.8. The summed E-state index contributed by atoms with van der Waals surface area (Å²) in [6.45, 7) is 4.11. The highest BCUT2D eigenvalue weighted by Crippen LogP contribution is 2.26. The summed E-state index contributed by atoms with van der Waals surface area (Å²) >= 11 is 1.60. The van der Waals surface area contributed by atoms with Crippen LogP contribution in [0, 0.1) is 13.8 Å². The molecule has 0 saturated heterocycles. The average molecular weight is 296 g/mol. The number of nitrogens with zero attached hydrogens (tertiary/aromatic N) is 1. The molecule has 0 aliphatic rings. The Kier molecular flexibility index (Phi) is 3.62. The summed E-state index contributed by atoms with van der Waals surface area (Å²) in [7, 11) is 0. The first-order valence-corrected chi connectivity index (χ1v) is 7.57. The van der Waals surface area contributed by atoms with Crippen LogP contribution in [0.5, 0.6) is 0 Å². The Hall–Kier alpha value is -2.33. The number of hydrogen-bond acceptors (Lipinski definition) is 2. The third kappa shape index (κ3) is 2.90. The Labute approximate surface area is 127 Å². The molecule has 0 bridgehead atoms. The van der Waals surface area contributed by atoms with Crippen LogP contribution in [0.25, 0.3) is 5.69 Å². The summed E-state index contributed by atoms with van der Waals surface area (Å²) in [6, 6.07) is 13.5. The Morgan fingerprint density at radius 3 is 2.33 bits per heavy atom. The van der Waals surface area contributed by atoms with E-state index in [4.69, 9.17) is 0 Å². The van der Waals surface area contributed by atoms with Crippen LogP contribution in [0.3, 0.4) is 0 Å². The third-order valence-electron chi connectivity index (χ3n) is 3.43. The lowest BCUT2D eigenvalue weighted by molar-refractivity contribution is 0.102. The number of carbonyl (C=O) groups is 1. The van der Waals surface area contributed by atoms with E-state index in [1.807, 2.05) is 66.3 Å². The smallest absolute Gasteiger partial charge is 0.256 e. The van der Waals surface area contributed by atoms with Gasteiger partial charge in [0, 0.05) is 28.5 Å². The second kappa shape index (κ2) is 5.58. The lowest BCUT2D eigenvalue weighted by atomic mass is 10.2. The van der Waals surface area contributed by atoms with Crippen molar-refractivity contribution in [1.82, 2.24) is 4.57 Å². The van der Waals surface area contributed by atoms with Crippen molar-refractivity contribution >= 4 is 22.2 Å². The highest BCUT2D eigenvalue weighted by Gasteiger charge is 2.09. The molecule has 21 heavy (non-hydrogen) atoms. The fourth-order valence-electron chi connectivity index (χ4n) is 2.11. The number of thiophene rings is 1. The number of amides is 1. The molecule has 2 aromatic heterocycles. The van der Waals surface area contributed by atoms with Crippen LogP contribution in [0.1, 0.15) is 20.8 Å². The molecule has 0 spiro atoms. The molecule has 0 unspecified atom stereocenters. The monoisotopic (exact) mass is 296 g/mol. The maximum absolute atomic E-state index is 12.2. The maximum Gasteiger partial charge on any atom is 0.256 e. The first kappa shape index (κ1) is 13.6. The minimum Gasteiger partial charge on any atom is -0.324 e. The van der Waals surface area contributed by atoms with Gasteiger partial charge in [-0.2, -0.15) is 0 Å². The second-order valence-corrected chi connectivity index (χ2v) is 6.20. The van der Waals surface area contributed by atoms with Gasteiger partial charge in [0.25, 0.3) is 5.91 Å². The minimum atomic E-state index is -0.0738. The molecule has 3 aromatic rings. The highest BCUT2D eigenvalue weighted by molar-refractivity contribution is 7.16. The molecule has 2 heterocycles. The van der Waals surface area contributed by atoms with Gasteiger partial charge in [-0.15, -0.1) is 11.3 Å². The van der Waals surface area contributed by atoms with Crippen molar-refractivity contribution in [3.63, 3.8) is 0 Å². The van der Waals surface area contributed by atoms with E-state index in [1.54, 1.807) is 11.3 Å². The van der Waals surface area contributed by atoms with Crippen molar-refractivity contribution in [2.45, 2.75) is 13.8 Å². The van der Waals surface area contributed by atoms with Crippen molar-refractivity contribution in [3.05, 3.63) is 70.9 Å². The maximum atomic E-state index is 12.2. The molecule has 1 aromatic carbocycles. The molecule has 3 nitrogen and oxygen atoms in total. The van der Waals surface area contributed by atoms with E-state index >= 15 is 0 Å². The molecule has 0 radical (unpaired) electrons. The van der Waals surface area contributed by atoms with E-state index in [9.17, 15) is 4.79 Å². The van der Waals surface area contributed by atoms with Gasteiger partial charge >= 0.3 is 0 Å². The number of rotatable bonds is 3. The largest absolute Gasteiger partial charge is 0.324 e. The molecule has 0 aliphatic carbocycles. The van der Waals surface area contributed by atoms with Gasteiger partial charge in [-0.1, -0.05) is 0 Å². The van der Waals surface area contributed by atoms with Gasteiger partial charge in [0.2, 0.25) is 0 Å². The zero-order valence-electron chi connectivity index (χ0n) is 12.0. The van der Waals surface area contributed by atoms with Crippen molar-refractivity contribution in [2.24, 2.45) is 0 Å². The number of aryl methyl sites for hydroxylation is 2. The molecule has 4 heteroatoms. The van der Waals surface area contributed by atoms with Crippen LogP contribution in [0.2, 0.25) is 0 Å². The molecule has 3 rings (SSSR count). The van der Waals surface area contributed by atoms with E-state index in [-0.39, 0.29) is 5.91 Å². The van der Waals surface area contributed by atoms with E-state index < -0.39 is 0 Å². The summed E-state index contributed by atoms with van der Waals surface area (Å²) in [6.07, 6.45) is 3.96. The van der Waals surface area contributed by atoms with Gasteiger partial charge < -0.3 is 9.88 Å². The van der Waals surface area contributed by atoms with Crippen LogP contribution < -0.4 is 5.32 Å². The predicted octanol–water partition coefficient (Wildman–Crippen LogP) is 4.41. The van der Waals surface area contributed by atoms with Crippen LogP contribution in [-0.2, 0) is 0 Å². The Morgan fingerprint density at radius 2 is 1.76 bits per heavy atom. The fraction of sp³-hybridized carbons (Fsp3) is 0.118. The lowest BCUT2D eigenvalue weighted by Crippen LogP contribution is -2.10. The SMILES string of the molecule is Cc1cc(NC(=O)c2ccc(-n3cccc3)cc2)sc1C. The number of benzene rings is 1. The first-order valence-electron chi connectivity index (χ1n) is 6.75. The van der Waals surface area contributed by atoms with Crippen LogP contribution in [0.4, 0.5) is 5.00 Å². The van der Waals surface area contributed by atoms with Crippen LogP contribution >= 0.6 is 11.3 Å². The zero-order chi connectivity index (χ0) is 14.8. The van der Waals surface area contributed by atoms with Crippen LogP contribution in [0.15, 0.2) is 54.9 Å². The highest BCUT2D eigenvalue weighted by atomic mass is 32.1. The Morgan fingerprint density at radius 1 is 1.10 bits per heavy atom. The van der Waals surface area contributed by atoms with Gasteiger partial charge in [0.05, 0.1) is 5.00 Å². The number of hydrogen-bond donors (Lipinski definition) is 1. The number of anilines is 1. The first-order chi connectivity index (χ1) is 10.1. The molecule has 0 saturated carbocycles. The predicted molar refractivity (Wildman–Crippen MR) is 87.5 cm³/mol. The molecule has 0 fully saturated rings. The molecular formula is C17H16N2OS. The van der Waals surface area contributed by atoms with Gasteiger partial charge in [0.15, 0.2) is 0 Å². The molecular weight excluding hydrogens is 280 g/mol. The summed E-state index contributed by atoms with van der Waals surface area (Å²) < 4.78 is 2.01. The second-order valence-electron chi connectivity index (χ2n) is 4.94. The van der Waals surface area contributed by atoms with Crippen molar-refractivity contribution in [1.29, 1.82) is 0 Å². The number of nitrogens with one attached hydrogen (secondary N) is 1.